The molecule has 0 aliphatic heterocycles. The van der Waals surface area contributed by atoms with Crippen LogP contribution in [-0.4, -0.2) is 56.8 Å². The fraction of sp³-hybridized carbons (Fsp3) is 0.250. The molecule has 0 aliphatic rings. The molecule has 0 aromatic heterocycles. The van der Waals surface area contributed by atoms with E-state index in [4.69, 9.17) is 0 Å². The van der Waals surface area contributed by atoms with Crippen molar-refractivity contribution in [2.24, 2.45) is 0 Å². The third-order valence-electron chi connectivity index (χ3n) is 4.22. The van der Waals surface area contributed by atoms with E-state index >= 15 is 0 Å². The van der Waals surface area contributed by atoms with E-state index in [9.17, 15) is 0 Å². The molecule has 29 heavy (non-hydrogen) atoms. The number of hydrogen-bond donors (Lipinski definition) is 0. The first-order valence-corrected chi connectivity index (χ1v) is 21.5. The number of rotatable bonds is 9. The van der Waals surface area contributed by atoms with Crippen molar-refractivity contribution in [3.63, 3.8) is 0 Å². The van der Waals surface area contributed by atoms with Crippen molar-refractivity contribution in [1.82, 2.24) is 9.80 Å². The van der Waals surface area contributed by atoms with Crippen LogP contribution in [0.1, 0.15) is 11.1 Å². The van der Waals surface area contributed by atoms with Gasteiger partial charge in [0.2, 0.25) is 0 Å². The molecule has 0 saturated heterocycles. The van der Waals surface area contributed by atoms with Gasteiger partial charge in [0.05, 0.1) is 0 Å². The van der Waals surface area contributed by atoms with Crippen LogP contribution in [0.2, 0.25) is 0 Å². The van der Waals surface area contributed by atoms with E-state index in [2.05, 4.69) is 134 Å². The monoisotopic (exact) mass is 618 g/mol. The zero-order valence-electron chi connectivity index (χ0n) is 17.6. The summed E-state index contributed by atoms with van der Waals surface area (Å²) in [7, 11) is 13.0. The second-order valence-electron chi connectivity index (χ2n) is 7.47. The third-order valence-corrected chi connectivity index (χ3v) is 25.1. The van der Waals surface area contributed by atoms with E-state index in [1.807, 2.05) is 0 Å². The van der Waals surface area contributed by atoms with Crippen molar-refractivity contribution in [2.75, 3.05) is 28.2 Å². The summed E-state index contributed by atoms with van der Waals surface area (Å²) in [6.45, 7) is 1.99. The second-order valence-corrected chi connectivity index (χ2v) is 25.2. The molecule has 0 fully saturated rings. The molecule has 3 aromatic carbocycles. The Bertz CT molecular complexity index is 816. The van der Waals surface area contributed by atoms with Gasteiger partial charge in [-0.2, -0.15) is 0 Å². The van der Waals surface area contributed by atoms with Crippen LogP contribution in [0.4, 0.5) is 0 Å². The molecular weight excluding hydrogens is 589 g/mol. The van der Waals surface area contributed by atoms with Crippen molar-refractivity contribution in [1.29, 1.82) is 0 Å². The van der Waals surface area contributed by atoms with Gasteiger partial charge in [-0.15, -0.1) is 0 Å². The maximum absolute atomic E-state index is 2.34. The van der Waals surface area contributed by atoms with Crippen LogP contribution >= 0.6 is 17.0 Å². The van der Waals surface area contributed by atoms with Gasteiger partial charge in [0.1, 0.15) is 0 Å². The molecule has 152 valence electrons. The van der Waals surface area contributed by atoms with Gasteiger partial charge < -0.3 is 0 Å². The van der Waals surface area contributed by atoms with Gasteiger partial charge in [-0.1, -0.05) is 0 Å². The van der Waals surface area contributed by atoms with Gasteiger partial charge >= 0.3 is 190 Å². The standard InChI is InChI=1S/C12H19N2.2C6H6S.Bi/c1-13(2)9-11-6-5-7-12(8-11)10-14(3)4;2*7-6-4-2-1-3-5-6;/h5-7H,9-10H2,1-4H3;2*1-5,7H;/q;;;+2/p-2. The second kappa shape index (κ2) is 11.5. The van der Waals surface area contributed by atoms with Crippen molar-refractivity contribution in [3.8, 4) is 0 Å². The maximum atomic E-state index is 2.34. The Morgan fingerprint density at radius 3 is 1.38 bits per heavy atom. The molecule has 0 atom stereocenters. The SMILES string of the molecule is CN(C)Cc1cccc(CN(C)C)[c]1[Bi]([S]c1ccccc1)[S]c1ccccc1. The molecule has 2 nitrogen and oxygen atoms in total. The third kappa shape index (κ3) is 7.12. The molecular formula is C24H29BiN2S2. The summed E-state index contributed by atoms with van der Waals surface area (Å²) in [4.78, 5) is 7.37. The summed E-state index contributed by atoms with van der Waals surface area (Å²) in [5, 5.41) is 0. The van der Waals surface area contributed by atoms with Crippen LogP contribution in [-0.2, 0) is 13.1 Å². The molecule has 3 rings (SSSR count). The predicted molar refractivity (Wildman–Crippen MR) is 131 cm³/mol. The molecule has 0 amide bonds. The molecule has 0 heterocycles. The van der Waals surface area contributed by atoms with E-state index in [0.29, 0.717) is 0 Å². The summed E-state index contributed by atoms with van der Waals surface area (Å²) in [5.41, 5.74) is 3.00. The topological polar surface area (TPSA) is 6.48 Å². The van der Waals surface area contributed by atoms with E-state index in [1.165, 1.54) is 20.9 Å². The fourth-order valence-corrected chi connectivity index (χ4v) is 26.7. The summed E-state index contributed by atoms with van der Waals surface area (Å²) in [6, 6.07) is 28.8. The minimum atomic E-state index is -2.28. The van der Waals surface area contributed by atoms with Gasteiger partial charge in [0, 0.05) is 0 Å². The van der Waals surface area contributed by atoms with Crippen LogP contribution in [0.15, 0.2) is 88.7 Å². The molecule has 3 aromatic rings. The summed E-state index contributed by atoms with van der Waals surface area (Å²) < 4.78 is 1.66. The summed E-state index contributed by atoms with van der Waals surface area (Å²) >= 11 is -2.28. The molecule has 0 bridgehead atoms. The molecule has 0 unspecified atom stereocenters. The first kappa shape index (κ1) is 22.8. The number of nitrogens with zero attached hydrogens (tertiary/aromatic N) is 2. The van der Waals surface area contributed by atoms with Crippen molar-refractivity contribution in [2.45, 2.75) is 22.9 Å². The Morgan fingerprint density at radius 2 is 1.00 bits per heavy atom. The van der Waals surface area contributed by atoms with Gasteiger partial charge in [0.25, 0.3) is 0 Å². The Kier molecular flexibility index (Phi) is 9.08. The van der Waals surface area contributed by atoms with Gasteiger partial charge in [-0.3, -0.25) is 0 Å². The molecule has 0 radical (unpaired) electrons. The van der Waals surface area contributed by atoms with Crippen LogP contribution in [0, 0.1) is 0 Å². The van der Waals surface area contributed by atoms with E-state index < -0.39 is 18.8 Å². The Balaban J connectivity index is 2.06. The van der Waals surface area contributed by atoms with Gasteiger partial charge in [0.15, 0.2) is 0 Å². The van der Waals surface area contributed by atoms with E-state index in [1.54, 1.807) is 3.27 Å². The quantitative estimate of drug-likeness (QED) is 0.309. The van der Waals surface area contributed by atoms with Crippen LogP contribution in [0.3, 0.4) is 0 Å². The number of benzene rings is 3. The van der Waals surface area contributed by atoms with Crippen LogP contribution < -0.4 is 3.27 Å². The Labute approximate surface area is 188 Å². The fourth-order valence-electron chi connectivity index (χ4n) is 3.08. The predicted octanol–water partition coefficient (Wildman–Crippen LogP) is 5.09. The van der Waals surface area contributed by atoms with E-state index in [-0.39, 0.29) is 0 Å². The summed E-state index contributed by atoms with van der Waals surface area (Å²) in [5.74, 6) is 0. The van der Waals surface area contributed by atoms with Gasteiger partial charge in [-0.05, 0) is 0 Å². The zero-order valence-corrected chi connectivity index (χ0v) is 22.7. The molecule has 0 N–H and O–H groups in total. The van der Waals surface area contributed by atoms with Gasteiger partial charge in [-0.25, -0.2) is 0 Å². The Hall–Kier alpha value is -0.837. The molecule has 0 saturated carbocycles. The van der Waals surface area contributed by atoms with Crippen LogP contribution in [0.25, 0.3) is 0 Å². The first-order chi connectivity index (χ1) is 14.0. The minimum absolute atomic E-state index is 0.993. The average molecular weight is 619 g/mol. The van der Waals surface area contributed by atoms with Crippen molar-refractivity contribution in [3.05, 3.63) is 90.0 Å². The molecule has 0 aliphatic carbocycles. The normalized spacial score (nSPS) is 11.6. The summed E-state index contributed by atoms with van der Waals surface area (Å²) in [6.07, 6.45) is 0. The average Bonchev–Trinajstić information content (AvgIpc) is 2.68. The van der Waals surface area contributed by atoms with E-state index in [0.717, 1.165) is 13.1 Å². The molecule has 5 heteroatoms. The van der Waals surface area contributed by atoms with Crippen LogP contribution in [0.5, 0.6) is 0 Å². The molecule has 0 spiro atoms. The number of hydrogen-bond acceptors (Lipinski definition) is 4. The zero-order chi connectivity index (χ0) is 20.6. The Morgan fingerprint density at radius 1 is 0.586 bits per heavy atom. The van der Waals surface area contributed by atoms with Crippen molar-refractivity contribution >= 4 is 39.1 Å². The van der Waals surface area contributed by atoms with Crippen molar-refractivity contribution < 1.29 is 0 Å². The first-order valence-electron chi connectivity index (χ1n) is 9.69.